The highest BCUT2D eigenvalue weighted by Crippen LogP contribution is 2.24. The van der Waals surface area contributed by atoms with Gasteiger partial charge in [-0.05, 0) is 6.42 Å². The molecule has 2 aliphatic rings. The summed E-state index contributed by atoms with van der Waals surface area (Å²) in [4.78, 5) is 0. The summed E-state index contributed by atoms with van der Waals surface area (Å²) < 4.78 is 28.7. The molecule has 11 atom stereocenters. The Morgan fingerprint density at radius 1 is 0.591 bits per heavy atom. The Labute approximate surface area is 263 Å². The number of hydrogen-bond acceptors (Lipinski definition) is 13. The first-order chi connectivity index (χ1) is 21.2. The minimum absolute atomic E-state index is 0.0734. The Morgan fingerprint density at radius 2 is 1.02 bits per heavy atom. The van der Waals surface area contributed by atoms with Crippen LogP contribution in [0.1, 0.15) is 96.8 Å². The van der Waals surface area contributed by atoms with Gasteiger partial charge in [-0.15, -0.1) is 0 Å². The molecule has 0 spiro atoms. The van der Waals surface area contributed by atoms with Gasteiger partial charge in [-0.3, -0.25) is 0 Å². The number of aliphatic hydroxyl groups excluding tert-OH is 6. The van der Waals surface area contributed by atoms with Crippen LogP contribution in [-0.4, -0.2) is 131 Å². The van der Waals surface area contributed by atoms with Crippen LogP contribution in [0.15, 0.2) is 0 Å². The number of unbranched alkanes of at least 4 members (excludes halogenated alkanes) is 13. The highest BCUT2D eigenvalue weighted by Gasteiger charge is 2.45. The molecule has 2 rings (SSSR count). The van der Waals surface area contributed by atoms with Crippen molar-refractivity contribution < 1.29 is 54.3 Å². The molecule has 44 heavy (non-hydrogen) atoms. The molecular formula is C31H62N2O11. The second kappa shape index (κ2) is 22.9. The first-order valence-electron chi connectivity index (χ1n) is 16.9. The fraction of sp³-hybridized carbons (Fsp3) is 1.00. The highest BCUT2D eigenvalue weighted by atomic mass is 16.7. The van der Waals surface area contributed by atoms with Gasteiger partial charge in [0.05, 0.1) is 38.5 Å². The summed E-state index contributed by atoms with van der Waals surface area (Å²) >= 11 is 0. The lowest BCUT2D eigenvalue weighted by Crippen LogP contribution is -2.64. The van der Waals surface area contributed by atoms with Crippen LogP contribution >= 0.6 is 0 Å². The third-order valence-corrected chi connectivity index (χ3v) is 8.58. The Hall–Kier alpha value is -0.520. The Balaban J connectivity index is 1.73. The third kappa shape index (κ3) is 13.7. The summed E-state index contributed by atoms with van der Waals surface area (Å²) in [6.45, 7) is 1.58. The average molecular weight is 639 g/mol. The first kappa shape index (κ1) is 39.7. The molecular weight excluding hydrogens is 576 g/mol. The zero-order valence-corrected chi connectivity index (χ0v) is 26.7. The summed E-state index contributed by atoms with van der Waals surface area (Å²) in [6, 6.07) is -2.20. The van der Waals surface area contributed by atoms with E-state index in [1.54, 1.807) is 0 Å². The summed E-state index contributed by atoms with van der Waals surface area (Å²) in [6.07, 6.45) is 6.82. The van der Waals surface area contributed by atoms with E-state index < -0.39 is 80.6 Å². The minimum Gasteiger partial charge on any atom is -0.394 e. The van der Waals surface area contributed by atoms with Crippen molar-refractivity contribution in [3.05, 3.63) is 0 Å². The summed E-state index contributed by atoms with van der Waals surface area (Å²) in [5.74, 6) is 0. The normalized spacial score (nSPS) is 33.5. The minimum atomic E-state index is -1.39. The molecule has 0 aromatic carbocycles. The molecule has 262 valence electrons. The first-order valence-corrected chi connectivity index (χ1v) is 16.9. The van der Waals surface area contributed by atoms with Crippen molar-refractivity contribution in [2.75, 3.05) is 33.0 Å². The van der Waals surface area contributed by atoms with E-state index in [9.17, 15) is 30.6 Å². The predicted molar refractivity (Wildman–Crippen MR) is 163 cm³/mol. The van der Waals surface area contributed by atoms with Gasteiger partial charge >= 0.3 is 0 Å². The molecule has 13 heteroatoms. The molecule has 2 heterocycles. The molecule has 2 fully saturated rings. The van der Waals surface area contributed by atoms with Crippen LogP contribution in [0.3, 0.4) is 0 Å². The Morgan fingerprint density at radius 3 is 1.50 bits per heavy atom. The average Bonchev–Trinajstić information content (AvgIpc) is 3.02. The van der Waals surface area contributed by atoms with Crippen LogP contribution < -0.4 is 11.5 Å². The summed E-state index contributed by atoms with van der Waals surface area (Å²) in [5, 5.41) is 59.7. The number of rotatable bonds is 24. The van der Waals surface area contributed by atoms with E-state index in [1.165, 1.54) is 70.6 Å². The largest absolute Gasteiger partial charge is 0.394 e. The molecule has 0 saturated carbocycles. The van der Waals surface area contributed by atoms with Crippen molar-refractivity contribution in [3.63, 3.8) is 0 Å². The van der Waals surface area contributed by atoms with E-state index in [0.717, 1.165) is 19.3 Å². The molecule has 0 bridgehead atoms. The molecule has 13 nitrogen and oxygen atoms in total. The smallest absolute Gasteiger partial charge is 0.176 e. The Bertz CT molecular complexity index is 708. The van der Waals surface area contributed by atoms with Gasteiger partial charge in [-0.1, -0.05) is 90.4 Å². The lowest BCUT2D eigenvalue weighted by Gasteiger charge is -2.42. The third-order valence-electron chi connectivity index (χ3n) is 8.58. The van der Waals surface area contributed by atoms with Crippen molar-refractivity contribution in [2.45, 2.75) is 164 Å². The summed E-state index contributed by atoms with van der Waals surface area (Å²) in [5.41, 5.74) is 12.0. The maximum atomic E-state index is 10.3. The van der Waals surface area contributed by atoms with Crippen LogP contribution in [0.25, 0.3) is 0 Å². The molecule has 2 aliphatic heterocycles. The SMILES string of the molecule is CCCCCCCCCCCCCCCCOC[C@H](CO[C@@H]1O[C@H](CO)[C@@H](O)[C@H](O)[C@H]1N)O[C@@H]1O[C@H](CO)[C@@H](O)[C@H](O)[C@H]1N. The number of aliphatic hydroxyl groups is 6. The van der Waals surface area contributed by atoms with Gasteiger partial charge < -0.3 is 65.8 Å². The van der Waals surface area contributed by atoms with E-state index in [-0.39, 0.29) is 13.2 Å². The van der Waals surface area contributed by atoms with Crippen LogP contribution in [0, 0.1) is 0 Å². The zero-order chi connectivity index (χ0) is 32.3. The lowest BCUT2D eigenvalue weighted by atomic mass is 9.98. The van der Waals surface area contributed by atoms with E-state index in [1.807, 2.05) is 0 Å². The highest BCUT2D eigenvalue weighted by molar-refractivity contribution is 4.93. The van der Waals surface area contributed by atoms with E-state index in [0.29, 0.717) is 6.61 Å². The second-order valence-electron chi connectivity index (χ2n) is 12.3. The molecule has 0 radical (unpaired) electrons. The number of ether oxygens (including phenoxy) is 5. The molecule has 10 N–H and O–H groups in total. The van der Waals surface area contributed by atoms with Gasteiger partial charge in [0, 0.05) is 6.61 Å². The predicted octanol–water partition coefficient (Wildman–Crippen LogP) is 0.419. The van der Waals surface area contributed by atoms with E-state index >= 15 is 0 Å². The topological polar surface area (TPSA) is 220 Å². The van der Waals surface area contributed by atoms with E-state index in [2.05, 4.69) is 6.92 Å². The summed E-state index contributed by atoms with van der Waals surface area (Å²) in [7, 11) is 0. The fourth-order valence-electron chi connectivity index (χ4n) is 5.61. The monoisotopic (exact) mass is 638 g/mol. The van der Waals surface area contributed by atoms with Gasteiger partial charge in [0.15, 0.2) is 12.6 Å². The zero-order valence-electron chi connectivity index (χ0n) is 26.7. The molecule has 0 amide bonds. The van der Waals surface area contributed by atoms with Crippen molar-refractivity contribution in [1.82, 2.24) is 0 Å². The quantitative estimate of drug-likeness (QED) is 0.0673. The maximum absolute atomic E-state index is 10.3. The molecule has 0 aromatic rings. The van der Waals surface area contributed by atoms with Crippen molar-refractivity contribution >= 4 is 0 Å². The standard InChI is InChI=1S/C31H62N2O11/c1-2-3-4-5-6-7-8-9-10-11-12-13-14-15-16-40-19-21(42-31-25(33)29(39)27(37)23(18-35)44-31)20-41-30-24(32)28(38)26(36)22(17-34)43-30/h21-31,34-39H,2-20,32-33H2,1H3/t21-,22-,23-,24-,25-,26-,27-,28-,29-,30-,31-/m1/s1. The molecule has 0 aromatic heterocycles. The van der Waals surface area contributed by atoms with Gasteiger partial charge in [0.2, 0.25) is 0 Å². The molecule has 0 aliphatic carbocycles. The van der Waals surface area contributed by atoms with Crippen LogP contribution in [0.4, 0.5) is 0 Å². The molecule has 2 saturated heterocycles. The Kier molecular flexibility index (Phi) is 20.7. The van der Waals surface area contributed by atoms with Gasteiger partial charge in [-0.25, -0.2) is 0 Å². The maximum Gasteiger partial charge on any atom is 0.176 e. The molecule has 0 unspecified atom stereocenters. The lowest BCUT2D eigenvalue weighted by molar-refractivity contribution is -0.300. The van der Waals surface area contributed by atoms with Gasteiger partial charge in [-0.2, -0.15) is 0 Å². The van der Waals surface area contributed by atoms with Crippen LogP contribution in [0.2, 0.25) is 0 Å². The number of nitrogens with two attached hydrogens (primary N) is 2. The van der Waals surface area contributed by atoms with Crippen molar-refractivity contribution in [2.24, 2.45) is 11.5 Å². The van der Waals surface area contributed by atoms with Crippen LogP contribution in [0.5, 0.6) is 0 Å². The van der Waals surface area contributed by atoms with Gasteiger partial charge in [0.25, 0.3) is 0 Å². The second-order valence-corrected chi connectivity index (χ2v) is 12.3. The fourth-order valence-corrected chi connectivity index (χ4v) is 5.61. The van der Waals surface area contributed by atoms with Gasteiger partial charge in [0.1, 0.15) is 42.7 Å². The van der Waals surface area contributed by atoms with Crippen molar-refractivity contribution in [3.8, 4) is 0 Å². The van der Waals surface area contributed by atoms with Crippen molar-refractivity contribution in [1.29, 1.82) is 0 Å². The van der Waals surface area contributed by atoms with E-state index in [4.69, 9.17) is 35.2 Å². The number of hydrogen-bond donors (Lipinski definition) is 8. The van der Waals surface area contributed by atoms with Crippen LogP contribution in [-0.2, 0) is 23.7 Å².